The number of hydrogen-bond acceptors (Lipinski definition) is 1. The fourth-order valence-corrected chi connectivity index (χ4v) is 3.83. The smallest absolute Gasteiger partial charge is 0.189 e. The Morgan fingerprint density at radius 2 is 1.43 bits per heavy atom. The lowest BCUT2D eigenvalue weighted by Crippen LogP contribution is -1.98. The molecule has 104 valence electrons. The Hall–Kier alpha value is -2.15. The number of carbonyl (C=O) groups excluding carboxylic acids is 1. The van der Waals surface area contributed by atoms with Gasteiger partial charge in [0.05, 0.1) is 0 Å². The third-order valence-electron chi connectivity index (χ3n) is 5.01. The first-order valence-electron chi connectivity index (χ1n) is 7.61. The highest BCUT2D eigenvalue weighted by atomic mass is 16.1. The van der Waals surface area contributed by atoms with E-state index in [0.717, 1.165) is 30.4 Å². The zero-order valence-corrected chi connectivity index (χ0v) is 12.5. The summed E-state index contributed by atoms with van der Waals surface area (Å²) in [6.45, 7) is 4.27. The molecule has 0 atom stereocenters. The van der Waals surface area contributed by atoms with Crippen LogP contribution in [-0.4, -0.2) is 5.78 Å². The van der Waals surface area contributed by atoms with Crippen molar-refractivity contribution in [2.24, 2.45) is 0 Å². The molecule has 2 aromatic carbocycles. The Morgan fingerprint density at radius 3 is 2.14 bits per heavy atom. The maximum Gasteiger partial charge on any atom is 0.189 e. The molecule has 2 aromatic rings. The van der Waals surface area contributed by atoms with Gasteiger partial charge in [-0.15, -0.1) is 0 Å². The monoisotopic (exact) mass is 274 g/mol. The van der Waals surface area contributed by atoms with Crippen molar-refractivity contribution in [2.75, 3.05) is 0 Å². The molecule has 0 aliphatic heterocycles. The van der Waals surface area contributed by atoms with Gasteiger partial charge in [-0.25, -0.2) is 0 Å². The van der Waals surface area contributed by atoms with Crippen LogP contribution in [0.25, 0.3) is 5.57 Å². The Bertz CT molecular complexity index is 809. The third kappa shape index (κ3) is 1.73. The van der Waals surface area contributed by atoms with Gasteiger partial charge in [-0.1, -0.05) is 36.4 Å². The number of rotatable bonds is 0. The van der Waals surface area contributed by atoms with Gasteiger partial charge in [0, 0.05) is 17.6 Å². The first-order chi connectivity index (χ1) is 10.2. The number of aryl methyl sites for hydroxylation is 2. The molecule has 0 unspecified atom stereocenters. The van der Waals surface area contributed by atoms with Gasteiger partial charge in [-0.2, -0.15) is 0 Å². The van der Waals surface area contributed by atoms with Crippen molar-refractivity contribution in [1.29, 1.82) is 0 Å². The number of carbonyl (C=O) groups is 1. The predicted octanol–water partition coefficient (Wildman–Crippen LogP) is 4.44. The second-order valence-electron chi connectivity index (χ2n) is 6.17. The fourth-order valence-electron chi connectivity index (χ4n) is 3.83. The van der Waals surface area contributed by atoms with Crippen LogP contribution in [0.1, 0.15) is 44.6 Å². The van der Waals surface area contributed by atoms with E-state index in [9.17, 15) is 4.79 Å². The molecule has 0 aromatic heterocycles. The summed E-state index contributed by atoms with van der Waals surface area (Å²) in [5, 5.41) is 0. The number of benzene rings is 2. The lowest BCUT2D eigenvalue weighted by Gasteiger charge is -2.06. The highest BCUT2D eigenvalue weighted by Gasteiger charge is 2.31. The lowest BCUT2D eigenvalue weighted by molar-refractivity contribution is 0.104. The summed E-state index contributed by atoms with van der Waals surface area (Å²) in [7, 11) is 0. The summed E-state index contributed by atoms with van der Waals surface area (Å²) in [6.07, 6.45) is 2.89. The molecule has 0 radical (unpaired) electrons. The third-order valence-corrected chi connectivity index (χ3v) is 5.01. The van der Waals surface area contributed by atoms with Crippen LogP contribution in [0.4, 0.5) is 0 Å². The molecular formula is C20H18O. The summed E-state index contributed by atoms with van der Waals surface area (Å²) in [5.74, 6) is 0.248. The van der Waals surface area contributed by atoms with E-state index in [1.807, 2.05) is 12.1 Å². The molecule has 0 N–H and O–H groups in total. The van der Waals surface area contributed by atoms with Crippen LogP contribution < -0.4 is 0 Å². The largest absolute Gasteiger partial charge is 0.289 e. The van der Waals surface area contributed by atoms with Crippen molar-refractivity contribution in [3.05, 3.63) is 75.4 Å². The summed E-state index contributed by atoms with van der Waals surface area (Å²) in [5.41, 5.74) is 9.79. The van der Waals surface area contributed by atoms with Crippen LogP contribution in [0.5, 0.6) is 0 Å². The molecule has 1 heteroatoms. The zero-order chi connectivity index (χ0) is 14.6. The number of allylic oxidation sites excluding steroid dienone is 2. The first kappa shape index (κ1) is 12.6. The van der Waals surface area contributed by atoms with E-state index in [2.05, 4.69) is 38.1 Å². The van der Waals surface area contributed by atoms with Crippen LogP contribution in [0.3, 0.4) is 0 Å². The maximum absolute atomic E-state index is 12.8. The topological polar surface area (TPSA) is 17.1 Å². The van der Waals surface area contributed by atoms with Crippen LogP contribution >= 0.6 is 0 Å². The van der Waals surface area contributed by atoms with Crippen molar-refractivity contribution in [2.45, 2.75) is 33.1 Å². The average Bonchev–Trinajstić information content (AvgIpc) is 3.03. The molecule has 0 spiro atoms. The SMILES string of the molecule is Cc1cccc2c1CC(=C1CCc3c(C)cccc31)C2=O. The van der Waals surface area contributed by atoms with Gasteiger partial charge in [0.1, 0.15) is 0 Å². The minimum Gasteiger partial charge on any atom is -0.289 e. The predicted molar refractivity (Wildman–Crippen MR) is 85.6 cm³/mol. The van der Waals surface area contributed by atoms with Crippen molar-refractivity contribution in [1.82, 2.24) is 0 Å². The highest BCUT2D eigenvalue weighted by Crippen LogP contribution is 2.41. The van der Waals surface area contributed by atoms with Crippen molar-refractivity contribution in [3.63, 3.8) is 0 Å². The molecule has 0 fully saturated rings. The van der Waals surface area contributed by atoms with Crippen LogP contribution in [0.2, 0.25) is 0 Å². The van der Waals surface area contributed by atoms with Crippen LogP contribution in [0, 0.1) is 13.8 Å². The molecule has 1 nitrogen and oxygen atoms in total. The van der Waals surface area contributed by atoms with E-state index in [4.69, 9.17) is 0 Å². The Labute approximate surface area is 125 Å². The molecule has 0 saturated carbocycles. The van der Waals surface area contributed by atoms with Gasteiger partial charge < -0.3 is 0 Å². The second-order valence-corrected chi connectivity index (χ2v) is 6.17. The maximum atomic E-state index is 12.8. The van der Waals surface area contributed by atoms with Gasteiger partial charge in [0.2, 0.25) is 0 Å². The number of ketones is 1. The van der Waals surface area contributed by atoms with Crippen molar-refractivity contribution in [3.8, 4) is 0 Å². The van der Waals surface area contributed by atoms with E-state index in [1.165, 1.54) is 33.4 Å². The molecular weight excluding hydrogens is 256 g/mol. The first-order valence-corrected chi connectivity index (χ1v) is 7.61. The zero-order valence-electron chi connectivity index (χ0n) is 12.5. The molecule has 0 heterocycles. The lowest BCUT2D eigenvalue weighted by atomic mass is 9.97. The number of fused-ring (bicyclic) bond motifs is 2. The second kappa shape index (κ2) is 4.42. The standard InChI is InChI=1S/C20H18O/c1-12-5-3-7-15-14(12)9-10-16(15)19-11-18-13(2)6-4-8-17(18)20(19)21/h3-8H,9-11H2,1-2H3. The van der Waals surface area contributed by atoms with Crippen LogP contribution in [0.15, 0.2) is 42.0 Å². The van der Waals surface area contributed by atoms with Gasteiger partial charge >= 0.3 is 0 Å². The molecule has 2 aliphatic rings. The number of Topliss-reactive ketones (excluding diaryl/α,β-unsaturated/α-hetero) is 1. The van der Waals surface area contributed by atoms with Crippen molar-refractivity contribution >= 4 is 11.4 Å². The highest BCUT2D eigenvalue weighted by molar-refractivity contribution is 6.17. The molecule has 0 bridgehead atoms. The van der Waals surface area contributed by atoms with E-state index in [0.29, 0.717) is 0 Å². The molecule has 4 rings (SSSR count). The van der Waals surface area contributed by atoms with E-state index in [-0.39, 0.29) is 5.78 Å². The Morgan fingerprint density at radius 1 is 0.762 bits per heavy atom. The summed E-state index contributed by atoms with van der Waals surface area (Å²) in [6, 6.07) is 12.5. The van der Waals surface area contributed by atoms with Gasteiger partial charge in [-0.3, -0.25) is 4.79 Å². The minimum absolute atomic E-state index is 0.248. The van der Waals surface area contributed by atoms with E-state index >= 15 is 0 Å². The van der Waals surface area contributed by atoms with Crippen LogP contribution in [-0.2, 0) is 12.8 Å². The Balaban J connectivity index is 1.90. The Kier molecular flexibility index (Phi) is 2.65. The van der Waals surface area contributed by atoms with Gasteiger partial charge in [0.25, 0.3) is 0 Å². The van der Waals surface area contributed by atoms with Gasteiger partial charge in [0.15, 0.2) is 5.78 Å². The van der Waals surface area contributed by atoms with Gasteiger partial charge in [-0.05, 0) is 60.1 Å². The quantitative estimate of drug-likeness (QED) is 0.649. The normalized spacial score (nSPS) is 19.8. The van der Waals surface area contributed by atoms with Crippen molar-refractivity contribution < 1.29 is 4.79 Å². The molecule has 21 heavy (non-hydrogen) atoms. The molecule has 2 aliphatic carbocycles. The fraction of sp³-hybridized carbons (Fsp3) is 0.250. The van der Waals surface area contributed by atoms with E-state index < -0.39 is 0 Å². The average molecular weight is 274 g/mol. The summed E-state index contributed by atoms with van der Waals surface area (Å²) >= 11 is 0. The molecule has 0 amide bonds. The van der Waals surface area contributed by atoms with E-state index in [1.54, 1.807) is 0 Å². The summed E-state index contributed by atoms with van der Waals surface area (Å²) < 4.78 is 0. The molecule has 0 saturated heterocycles. The summed E-state index contributed by atoms with van der Waals surface area (Å²) in [4.78, 5) is 12.8. The minimum atomic E-state index is 0.248. The number of hydrogen-bond donors (Lipinski definition) is 0.